The summed E-state index contributed by atoms with van der Waals surface area (Å²) in [5.74, 6) is 0.0446. The molecule has 2 atom stereocenters. The molecule has 0 aromatic rings. The highest BCUT2D eigenvalue weighted by Gasteiger charge is 2.27. The molecule has 2 N–H and O–H groups in total. The van der Waals surface area contributed by atoms with Crippen LogP contribution in [-0.4, -0.2) is 48.9 Å². The monoisotopic (exact) mass is 255 g/mol. The summed E-state index contributed by atoms with van der Waals surface area (Å²) < 4.78 is 0. The first-order valence-corrected chi connectivity index (χ1v) is 6.68. The number of carbonyl (C=O) groups excluding carboxylic acids is 2. The Kier molecular flexibility index (Phi) is 5.59. The van der Waals surface area contributed by atoms with Crippen LogP contribution in [0.1, 0.15) is 33.6 Å². The van der Waals surface area contributed by atoms with Crippen molar-refractivity contribution in [2.45, 2.75) is 45.7 Å². The first-order valence-electron chi connectivity index (χ1n) is 6.68. The Bertz CT molecular complexity index is 305. The number of likely N-dealkylation sites (N-methyl/N-ethyl adjacent to an activating group) is 1. The minimum absolute atomic E-state index is 0.0538. The first-order chi connectivity index (χ1) is 8.40. The fraction of sp³-hybridized carbons (Fsp3) is 0.846. The molecule has 104 valence electrons. The fourth-order valence-electron chi connectivity index (χ4n) is 2.33. The van der Waals surface area contributed by atoms with Gasteiger partial charge in [-0.05, 0) is 40.2 Å². The zero-order valence-corrected chi connectivity index (χ0v) is 11.8. The van der Waals surface area contributed by atoms with Crippen LogP contribution in [0.25, 0.3) is 0 Å². The largest absolute Gasteiger partial charge is 0.352 e. The van der Waals surface area contributed by atoms with E-state index in [-0.39, 0.29) is 30.3 Å². The van der Waals surface area contributed by atoms with Gasteiger partial charge in [0, 0.05) is 25.0 Å². The van der Waals surface area contributed by atoms with Crippen LogP contribution in [0.15, 0.2) is 0 Å². The Hall–Kier alpha value is -1.10. The van der Waals surface area contributed by atoms with Gasteiger partial charge in [-0.25, -0.2) is 0 Å². The average molecular weight is 255 g/mol. The summed E-state index contributed by atoms with van der Waals surface area (Å²) in [6.07, 6.45) is 1.72. The van der Waals surface area contributed by atoms with E-state index in [9.17, 15) is 9.59 Å². The van der Waals surface area contributed by atoms with Crippen LogP contribution in [0, 0.1) is 5.92 Å². The SMILES string of the molecule is CC(C)NC(=O)CN(C)C(=O)[C@H]1CCN[C@@H](C)C1. The van der Waals surface area contributed by atoms with Crippen molar-refractivity contribution in [3.8, 4) is 0 Å². The van der Waals surface area contributed by atoms with E-state index in [0.717, 1.165) is 19.4 Å². The zero-order chi connectivity index (χ0) is 13.7. The third-order valence-corrected chi connectivity index (χ3v) is 3.18. The van der Waals surface area contributed by atoms with E-state index in [0.29, 0.717) is 6.04 Å². The van der Waals surface area contributed by atoms with Crippen molar-refractivity contribution in [3.63, 3.8) is 0 Å². The quantitative estimate of drug-likeness (QED) is 0.762. The number of piperidine rings is 1. The Morgan fingerprint density at radius 3 is 2.67 bits per heavy atom. The van der Waals surface area contributed by atoms with Crippen LogP contribution in [0.4, 0.5) is 0 Å². The molecular weight excluding hydrogens is 230 g/mol. The Morgan fingerprint density at radius 2 is 2.11 bits per heavy atom. The second-order valence-corrected chi connectivity index (χ2v) is 5.49. The van der Waals surface area contributed by atoms with Gasteiger partial charge in [0.15, 0.2) is 0 Å². The lowest BCUT2D eigenvalue weighted by molar-refractivity contribution is -0.139. The molecule has 1 aliphatic heterocycles. The number of hydrogen-bond acceptors (Lipinski definition) is 3. The molecule has 0 saturated carbocycles. The van der Waals surface area contributed by atoms with Crippen molar-refractivity contribution >= 4 is 11.8 Å². The van der Waals surface area contributed by atoms with Crippen molar-refractivity contribution < 1.29 is 9.59 Å². The summed E-state index contributed by atoms with van der Waals surface area (Å²) in [4.78, 5) is 25.3. The highest BCUT2D eigenvalue weighted by atomic mass is 16.2. The van der Waals surface area contributed by atoms with Crippen LogP contribution in [0.3, 0.4) is 0 Å². The maximum absolute atomic E-state index is 12.2. The summed E-state index contributed by atoms with van der Waals surface area (Å²) >= 11 is 0. The van der Waals surface area contributed by atoms with E-state index in [2.05, 4.69) is 17.6 Å². The number of nitrogens with zero attached hydrogens (tertiary/aromatic N) is 1. The molecular formula is C13H25N3O2. The van der Waals surface area contributed by atoms with Gasteiger partial charge in [-0.3, -0.25) is 9.59 Å². The second kappa shape index (κ2) is 6.73. The molecule has 0 bridgehead atoms. The minimum Gasteiger partial charge on any atom is -0.352 e. The van der Waals surface area contributed by atoms with Gasteiger partial charge >= 0.3 is 0 Å². The summed E-state index contributed by atoms with van der Waals surface area (Å²) in [5.41, 5.74) is 0. The lowest BCUT2D eigenvalue weighted by Gasteiger charge is -2.30. The molecule has 5 heteroatoms. The molecule has 0 aliphatic carbocycles. The topological polar surface area (TPSA) is 61.4 Å². The summed E-state index contributed by atoms with van der Waals surface area (Å²) in [7, 11) is 1.70. The molecule has 1 fully saturated rings. The molecule has 0 spiro atoms. The molecule has 0 aromatic carbocycles. The number of rotatable bonds is 4. The first kappa shape index (κ1) is 15.0. The molecule has 18 heavy (non-hydrogen) atoms. The highest BCUT2D eigenvalue weighted by molar-refractivity contribution is 5.85. The van der Waals surface area contributed by atoms with E-state index >= 15 is 0 Å². The van der Waals surface area contributed by atoms with E-state index in [4.69, 9.17) is 0 Å². The van der Waals surface area contributed by atoms with Crippen molar-refractivity contribution in [1.29, 1.82) is 0 Å². The maximum Gasteiger partial charge on any atom is 0.239 e. The van der Waals surface area contributed by atoms with Gasteiger partial charge in [-0.15, -0.1) is 0 Å². The van der Waals surface area contributed by atoms with Crippen molar-refractivity contribution in [1.82, 2.24) is 15.5 Å². The summed E-state index contributed by atoms with van der Waals surface area (Å²) in [6.45, 7) is 6.94. The molecule has 5 nitrogen and oxygen atoms in total. The van der Waals surface area contributed by atoms with Crippen molar-refractivity contribution in [2.24, 2.45) is 5.92 Å². The lowest BCUT2D eigenvalue weighted by atomic mass is 9.92. The van der Waals surface area contributed by atoms with Crippen LogP contribution in [0.5, 0.6) is 0 Å². The summed E-state index contributed by atoms with van der Waals surface area (Å²) in [5, 5.41) is 6.12. The Labute approximate surface area is 109 Å². The second-order valence-electron chi connectivity index (χ2n) is 5.49. The smallest absolute Gasteiger partial charge is 0.239 e. The van der Waals surface area contributed by atoms with E-state index in [1.807, 2.05) is 13.8 Å². The molecule has 0 aromatic heterocycles. The molecule has 1 rings (SSSR count). The molecule has 1 heterocycles. The Balaban J connectivity index is 2.43. The third kappa shape index (κ3) is 4.64. The Morgan fingerprint density at radius 1 is 1.44 bits per heavy atom. The molecule has 0 unspecified atom stereocenters. The lowest BCUT2D eigenvalue weighted by Crippen LogP contribution is -2.46. The van der Waals surface area contributed by atoms with Gasteiger partial charge in [-0.2, -0.15) is 0 Å². The molecule has 2 amide bonds. The maximum atomic E-state index is 12.2. The van der Waals surface area contributed by atoms with Gasteiger partial charge in [0.25, 0.3) is 0 Å². The zero-order valence-electron chi connectivity index (χ0n) is 11.8. The number of nitrogens with one attached hydrogen (secondary N) is 2. The van der Waals surface area contributed by atoms with Gasteiger partial charge in [0.05, 0.1) is 6.54 Å². The standard InChI is InChI=1S/C13H25N3O2/c1-9(2)15-12(17)8-16(4)13(18)11-5-6-14-10(3)7-11/h9-11,14H,5-8H2,1-4H3,(H,15,17)/t10-,11-/m0/s1. The van der Waals surface area contributed by atoms with Crippen LogP contribution < -0.4 is 10.6 Å². The van der Waals surface area contributed by atoms with Crippen molar-refractivity contribution in [2.75, 3.05) is 20.1 Å². The fourth-order valence-corrected chi connectivity index (χ4v) is 2.33. The average Bonchev–Trinajstić information content (AvgIpc) is 2.26. The van der Waals surface area contributed by atoms with Gasteiger partial charge in [-0.1, -0.05) is 0 Å². The van der Waals surface area contributed by atoms with Crippen molar-refractivity contribution in [3.05, 3.63) is 0 Å². The number of amides is 2. The molecule has 1 aliphatic rings. The number of hydrogen-bond donors (Lipinski definition) is 2. The van der Waals surface area contributed by atoms with Gasteiger partial charge < -0.3 is 15.5 Å². The van der Waals surface area contributed by atoms with Crippen LogP contribution >= 0.6 is 0 Å². The van der Waals surface area contributed by atoms with E-state index < -0.39 is 0 Å². The third-order valence-electron chi connectivity index (χ3n) is 3.18. The van der Waals surface area contributed by atoms with Gasteiger partial charge in [0.1, 0.15) is 0 Å². The predicted octanol–water partition coefficient (Wildman–Crippen LogP) is 0.358. The summed E-state index contributed by atoms with van der Waals surface area (Å²) in [6, 6.07) is 0.491. The molecule has 0 radical (unpaired) electrons. The van der Waals surface area contributed by atoms with E-state index in [1.165, 1.54) is 0 Å². The van der Waals surface area contributed by atoms with Crippen LogP contribution in [0.2, 0.25) is 0 Å². The minimum atomic E-state index is -0.0946. The highest BCUT2D eigenvalue weighted by Crippen LogP contribution is 2.18. The normalized spacial score (nSPS) is 23.8. The van der Waals surface area contributed by atoms with Gasteiger partial charge in [0.2, 0.25) is 11.8 Å². The molecule has 1 saturated heterocycles. The van der Waals surface area contributed by atoms with E-state index in [1.54, 1.807) is 11.9 Å². The van der Waals surface area contributed by atoms with Crippen LogP contribution in [-0.2, 0) is 9.59 Å². The predicted molar refractivity (Wildman–Crippen MR) is 71.1 cm³/mol. The number of carbonyl (C=O) groups is 2.